The van der Waals surface area contributed by atoms with Gasteiger partial charge in [0.05, 0.1) is 6.61 Å². The summed E-state index contributed by atoms with van der Waals surface area (Å²) in [7, 11) is -3.37. The fourth-order valence-electron chi connectivity index (χ4n) is 1.86. The molecule has 0 aromatic rings. The highest BCUT2D eigenvalue weighted by molar-refractivity contribution is 7.91. The quantitative estimate of drug-likeness (QED) is 0.644. The number of likely N-dealkylation sites (tertiary alicyclic amines) is 1. The molecular formula is C10H17NO5S. The van der Waals surface area contributed by atoms with Gasteiger partial charge in [0.2, 0.25) is 5.91 Å². The lowest BCUT2D eigenvalue weighted by molar-refractivity contribution is -0.152. The van der Waals surface area contributed by atoms with Crippen LogP contribution in [0.3, 0.4) is 0 Å². The lowest BCUT2D eigenvalue weighted by Crippen LogP contribution is -2.43. The summed E-state index contributed by atoms with van der Waals surface area (Å²) >= 11 is 0. The largest absolute Gasteiger partial charge is 0.464 e. The topological polar surface area (TPSA) is 80.8 Å². The number of hydrogen-bond donors (Lipinski definition) is 0. The monoisotopic (exact) mass is 263 g/mol. The molecule has 0 N–H and O–H groups in total. The number of carbonyl (C=O) groups excluding carboxylic acids is 2. The highest BCUT2D eigenvalue weighted by Gasteiger charge is 2.35. The predicted molar refractivity (Wildman–Crippen MR) is 61.1 cm³/mol. The van der Waals surface area contributed by atoms with Crippen LogP contribution < -0.4 is 0 Å². The van der Waals surface area contributed by atoms with Crippen LogP contribution in [0.25, 0.3) is 0 Å². The molecule has 0 aromatic heterocycles. The Morgan fingerprint density at radius 3 is 2.59 bits per heavy atom. The fourth-order valence-corrected chi connectivity index (χ4v) is 2.47. The number of hydrogen-bond acceptors (Lipinski definition) is 5. The normalized spacial score (nSPS) is 20.4. The molecule has 0 aliphatic carbocycles. The molecule has 0 spiro atoms. The molecule has 0 aromatic carbocycles. The molecule has 6 nitrogen and oxygen atoms in total. The van der Waals surface area contributed by atoms with Gasteiger partial charge in [0.15, 0.2) is 9.84 Å². The molecular weight excluding hydrogens is 246 g/mol. The fraction of sp³-hybridized carbons (Fsp3) is 0.800. The van der Waals surface area contributed by atoms with Crippen LogP contribution in [-0.2, 0) is 24.2 Å². The van der Waals surface area contributed by atoms with Gasteiger partial charge in [-0.3, -0.25) is 4.79 Å². The van der Waals surface area contributed by atoms with Crippen LogP contribution in [0, 0.1) is 0 Å². The van der Waals surface area contributed by atoms with Crippen molar-refractivity contribution in [1.82, 2.24) is 4.90 Å². The molecule has 1 unspecified atom stereocenters. The van der Waals surface area contributed by atoms with Crippen LogP contribution >= 0.6 is 0 Å². The predicted octanol–water partition coefficient (Wildman–Crippen LogP) is -0.415. The summed E-state index contributed by atoms with van der Waals surface area (Å²) in [5.74, 6) is -1.53. The number of ether oxygens (including phenoxy) is 1. The second kappa shape index (κ2) is 5.48. The highest BCUT2D eigenvalue weighted by atomic mass is 32.2. The Balaban J connectivity index is 2.69. The number of sulfone groups is 1. The van der Waals surface area contributed by atoms with Crippen LogP contribution in [0.1, 0.15) is 19.8 Å². The van der Waals surface area contributed by atoms with Gasteiger partial charge in [0.1, 0.15) is 11.8 Å². The summed E-state index contributed by atoms with van der Waals surface area (Å²) in [6.45, 7) is 2.36. The Labute approximate surface area is 101 Å². The number of carbonyl (C=O) groups is 2. The third-order valence-electron chi connectivity index (χ3n) is 2.52. The summed E-state index contributed by atoms with van der Waals surface area (Å²) in [6, 6.07) is -0.621. The Bertz CT molecular complexity index is 403. The third kappa shape index (κ3) is 3.99. The van der Waals surface area contributed by atoms with Gasteiger partial charge in [-0.05, 0) is 19.8 Å². The zero-order valence-corrected chi connectivity index (χ0v) is 10.8. The first kappa shape index (κ1) is 14.0. The van der Waals surface area contributed by atoms with E-state index in [1.807, 2.05) is 0 Å². The van der Waals surface area contributed by atoms with Gasteiger partial charge in [-0.25, -0.2) is 13.2 Å². The lowest BCUT2D eigenvalue weighted by atomic mass is 10.2. The van der Waals surface area contributed by atoms with E-state index >= 15 is 0 Å². The first-order valence-electron chi connectivity index (χ1n) is 5.49. The molecule has 1 saturated heterocycles. The molecule has 1 fully saturated rings. The van der Waals surface area contributed by atoms with E-state index in [1.54, 1.807) is 6.92 Å². The van der Waals surface area contributed by atoms with Gasteiger partial charge >= 0.3 is 5.97 Å². The van der Waals surface area contributed by atoms with Gasteiger partial charge in [-0.2, -0.15) is 0 Å². The van der Waals surface area contributed by atoms with Crippen molar-refractivity contribution in [2.24, 2.45) is 0 Å². The molecule has 1 amide bonds. The van der Waals surface area contributed by atoms with Gasteiger partial charge in [-0.15, -0.1) is 0 Å². The van der Waals surface area contributed by atoms with Crippen molar-refractivity contribution in [1.29, 1.82) is 0 Å². The Kier molecular flexibility index (Phi) is 4.50. The molecule has 7 heteroatoms. The van der Waals surface area contributed by atoms with E-state index in [1.165, 1.54) is 4.90 Å². The zero-order valence-electron chi connectivity index (χ0n) is 10.0. The van der Waals surface area contributed by atoms with Crippen molar-refractivity contribution in [3.05, 3.63) is 0 Å². The van der Waals surface area contributed by atoms with Gasteiger partial charge < -0.3 is 9.64 Å². The Morgan fingerprint density at radius 1 is 1.41 bits per heavy atom. The van der Waals surface area contributed by atoms with Crippen LogP contribution in [-0.4, -0.2) is 56.4 Å². The van der Waals surface area contributed by atoms with E-state index in [9.17, 15) is 18.0 Å². The van der Waals surface area contributed by atoms with Crippen molar-refractivity contribution >= 4 is 21.7 Å². The van der Waals surface area contributed by atoms with E-state index in [0.717, 1.165) is 6.26 Å². The van der Waals surface area contributed by atoms with E-state index in [-0.39, 0.29) is 6.61 Å². The summed E-state index contributed by atoms with van der Waals surface area (Å²) < 4.78 is 26.9. The molecule has 0 bridgehead atoms. The van der Waals surface area contributed by atoms with E-state index < -0.39 is 33.5 Å². The van der Waals surface area contributed by atoms with Gasteiger partial charge in [0.25, 0.3) is 0 Å². The smallest absolute Gasteiger partial charge is 0.328 e. The zero-order chi connectivity index (χ0) is 13.1. The summed E-state index contributed by atoms with van der Waals surface area (Å²) in [5.41, 5.74) is 0. The second-order valence-corrected chi connectivity index (χ2v) is 6.21. The molecule has 1 aliphatic rings. The third-order valence-corrected chi connectivity index (χ3v) is 3.29. The molecule has 17 heavy (non-hydrogen) atoms. The summed E-state index contributed by atoms with van der Waals surface area (Å²) in [4.78, 5) is 24.6. The number of nitrogens with zero attached hydrogens (tertiary/aromatic N) is 1. The maximum atomic E-state index is 11.7. The minimum atomic E-state index is -3.37. The van der Waals surface area contributed by atoms with Crippen molar-refractivity contribution in [3.8, 4) is 0 Å². The molecule has 98 valence electrons. The van der Waals surface area contributed by atoms with E-state index in [0.29, 0.717) is 19.4 Å². The van der Waals surface area contributed by atoms with Crippen molar-refractivity contribution in [2.45, 2.75) is 25.8 Å². The molecule has 0 saturated carbocycles. The minimum Gasteiger partial charge on any atom is -0.464 e. The van der Waals surface area contributed by atoms with Crippen LogP contribution in [0.5, 0.6) is 0 Å². The Morgan fingerprint density at radius 2 is 2.06 bits per heavy atom. The number of rotatable bonds is 4. The van der Waals surface area contributed by atoms with Gasteiger partial charge in [0, 0.05) is 12.8 Å². The molecule has 1 rings (SSSR count). The van der Waals surface area contributed by atoms with Crippen LogP contribution in [0.15, 0.2) is 0 Å². The van der Waals surface area contributed by atoms with Crippen molar-refractivity contribution in [2.75, 3.05) is 25.2 Å². The van der Waals surface area contributed by atoms with Crippen LogP contribution in [0.4, 0.5) is 0 Å². The maximum Gasteiger partial charge on any atom is 0.328 e. The molecule has 0 radical (unpaired) electrons. The Hall–Kier alpha value is -1.11. The average Bonchev–Trinajstić information content (AvgIpc) is 2.63. The molecule has 1 aliphatic heterocycles. The average molecular weight is 263 g/mol. The maximum absolute atomic E-state index is 11.7. The van der Waals surface area contributed by atoms with Crippen molar-refractivity contribution < 1.29 is 22.7 Å². The SMILES string of the molecule is CCOC(=O)C1CCCN1C(=O)CS(C)(=O)=O. The lowest BCUT2D eigenvalue weighted by Gasteiger charge is -2.22. The standard InChI is InChI=1S/C10H17NO5S/c1-3-16-10(13)8-5-4-6-11(8)9(12)7-17(2,14)15/h8H,3-7H2,1-2H3. The number of esters is 1. The van der Waals surface area contributed by atoms with Gasteiger partial charge in [-0.1, -0.05) is 0 Å². The second-order valence-electron chi connectivity index (χ2n) is 4.07. The van der Waals surface area contributed by atoms with E-state index in [4.69, 9.17) is 4.74 Å². The van der Waals surface area contributed by atoms with E-state index in [2.05, 4.69) is 0 Å². The summed E-state index contributed by atoms with van der Waals surface area (Å²) in [5, 5.41) is 0. The molecule has 1 atom stereocenters. The number of amides is 1. The van der Waals surface area contributed by atoms with Crippen LogP contribution in [0.2, 0.25) is 0 Å². The summed E-state index contributed by atoms with van der Waals surface area (Å²) in [6.07, 6.45) is 2.23. The first-order valence-corrected chi connectivity index (χ1v) is 7.55. The highest BCUT2D eigenvalue weighted by Crippen LogP contribution is 2.19. The van der Waals surface area contributed by atoms with Crippen molar-refractivity contribution in [3.63, 3.8) is 0 Å². The molecule has 1 heterocycles. The minimum absolute atomic E-state index is 0.253. The first-order chi connectivity index (χ1) is 7.85.